The summed E-state index contributed by atoms with van der Waals surface area (Å²) < 4.78 is 22.7. The average molecular weight is 454 g/mol. The van der Waals surface area contributed by atoms with Crippen molar-refractivity contribution in [2.45, 2.75) is 11.3 Å². The zero-order valence-corrected chi connectivity index (χ0v) is 18.2. The fourth-order valence-electron chi connectivity index (χ4n) is 3.40. The second kappa shape index (κ2) is 11.2. The maximum atomic E-state index is 12.2. The van der Waals surface area contributed by atoms with Crippen molar-refractivity contribution in [3.05, 3.63) is 24.3 Å². The van der Waals surface area contributed by atoms with Gasteiger partial charge in [-0.2, -0.15) is 0 Å². The Bertz CT molecular complexity index is 719. The molecule has 0 atom stereocenters. The summed E-state index contributed by atoms with van der Waals surface area (Å²) in [6.45, 7) is 7.68. The third-order valence-corrected chi connectivity index (χ3v) is 5.94. The van der Waals surface area contributed by atoms with Crippen molar-refractivity contribution in [3.8, 4) is 0 Å². The van der Waals surface area contributed by atoms with Crippen LogP contribution in [0.5, 0.6) is 0 Å². The van der Waals surface area contributed by atoms with Gasteiger partial charge in [-0.3, -0.25) is 9.69 Å². The fourth-order valence-corrected chi connectivity index (χ4v) is 3.92. The topological polar surface area (TPSA) is 99.0 Å². The Balaban J connectivity index is 0.00000196. The number of hydrogen-bond acceptors (Lipinski definition) is 6. The monoisotopic (exact) mass is 453 g/mol. The van der Waals surface area contributed by atoms with Gasteiger partial charge in [-0.15, -0.1) is 24.8 Å². The smallest absolute Gasteiger partial charge is 0.238 e. The molecule has 0 saturated carbocycles. The quantitative estimate of drug-likeness (QED) is 0.656. The standard InChI is InChI=1S/C17H27N5O3S.2ClH/c18-26(24,25)16-3-1-15(2-4-16)21-13-11-20(12-14-21)8-5-17(23)22-9-6-19-7-10-22;;/h1-4,19H,5-14H2,(H2,18,24,25);2*1H. The summed E-state index contributed by atoms with van der Waals surface area (Å²) in [6, 6.07) is 6.68. The first kappa shape index (κ1) is 24.9. The minimum Gasteiger partial charge on any atom is -0.369 e. The average Bonchev–Trinajstić information content (AvgIpc) is 2.66. The second-order valence-electron chi connectivity index (χ2n) is 6.75. The molecular weight excluding hydrogens is 425 g/mol. The number of nitrogens with two attached hydrogens (primary N) is 1. The van der Waals surface area contributed by atoms with E-state index in [-0.39, 0.29) is 35.6 Å². The van der Waals surface area contributed by atoms with Crippen LogP contribution in [0.2, 0.25) is 0 Å². The molecule has 160 valence electrons. The highest BCUT2D eigenvalue weighted by Gasteiger charge is 2.20. The van der Waals surface area contributed by atoms with Gasteiger partial charge in [0, 0.05) is 71.0 Å². The van der Waals surface area contributed by atoms with Crippen LogP contribution in [-0.2, 0) is 14.8 Å². The molecule has 0 radical (unpaired) electrons. The molecule has 1 aromatic rings. The van der Waals surface area contributed by atoms with Crippen LogP contribution in [-0.4, -0.2) is 83.0 Å². The Hall–Kier alpha value is -1.10. The molecule has 3 rings (SSSR count). The van der Waals surface area contributed by atoms with Crippen molar-refractivity contribution in [1.29, 1.82) is 0 Å². The van der Waals surface area contributed by atoms with Crippen LogP contribution < -0.4 is 15.4 Å². The molecule has 0 spiro atoms. The van der Waals surface area contributed by atoms with Crippen molar-refractivity contribution in [1.82, 2.24) is 15.1 Å². The fraction of sp³-hybridized carbons (Fsp3) is 0.588. The van der Waals surface area contributed by atoms with Crippen LogP contribution >= 0.6 is 24.8 Å². The van der Waals surface area contributed by atoms with Gasteiger partial charge in [0.25, 0.3) is 0 Å². The number of primary sulfonamides is 1. The van der Waals surface area contributed by atoms with Crippen molar-refractivity contribution < 1.29 is 13.2 Å². The lowest BCUT2D eigenvalue weighted by molar-refractivity contribution is -0.132. The molecule has 28 heavy (non-hydrogen) atoms. The summed E-state index contributed by atoms with van der Waals surface area (Å²) in [7, 11) is -3.65. The van der Waals surface area contributed by atoms with Gasteiger partial charge in [0.15, 0.2) is 0 Å². The van der Waals surface area contributed by atoms with E-state index in [9.17, 15) is 13.2 Å². The van der Waals surface area contributed by atoms with E-state index in [1.807, 2.05) is 4.90 Å². The van der Waals surface area contributed by atoms with Crippen molar-refractivity contribution >= 4 is 46.4 Å². The van der Waals surface area contributed by atoms with Gasteiger partial charge >= 0.3 is 0 Å². The number of benzene rings is 1. The van der Waals surface area contributed by atoms with Gasteiger partial charge in [-0.05, 0) is 24.3 Å². The van der Waals surface area contributed by atoms with E-state index in [4.69, 9.17) is 5.14 Å². The summed E-state index contributed by atoms with van der Waals surface area (Å²) in [4.78, 5) is 18.9. The van der Waals surface area contributed by atoms with Crippen LogP contribution in [0.4, 0.5) is 5.69 Å². The van der Waals surface area contributed by atoms with E-state index in [2.05, 4.69) is 15.1 Å². The van der Waals surface area contributed by atoms with Crippen LogP contribution in [0.1, 0.15) is 6.42 Å². The Labute approximate surface area is 179 Å². The highest BCUT2D eigenvalue weighted by molar-refractivity contribution is 7.89. The number of amides is 1. The molecule has 3 N–H and O–H groups in total. The largest absolute Gasteiger partial charge is 0.369 e. The molecule has 2 saturated heterocycles. The summed E-state index contributed by atoms with van der Waals surface area (Å²) >= 11 is 0. The second-order valence-corrected chi connectivity index (χ2v) is 8.31. The minimum atomic E-state index is -3.65. The lowest BCUT2D eigenvalue weighted by atomic mass is 10.2. The molecular formula is C17H29Cl2N5O3S. The van der Waals surface area contributed by atoms with Gasteiger partial charge in [0.05, 0.1) is 4.90 Å². The van der Waals surface area contributed by atoms with E-state index in [0.29, 0.717) is 6.42 Å². The third kappa shape index (κ3) is 6.75. The maximum absolute atomic E-state index is 12.2. The van der Waals surface area contributed by atoms with Crippen molar-refractivity contribution in [2.24, 2.45) is 5.14 Å². The maximum Gasteiger partial charge on any atom is 0.238 e. The number of carbonyl (C=O) groups is 1. The summed E-state index contributed by atoms with van der Waals surface area (Å²) in [5, 5.41) is 8.39. The molecule has 2 heterocycles. The van der Waals surface area contributed by atoms with Gasteiger partial charge < -0.3 is 15.1 Å². The van der Waals surface area contributed by atoms with Gasteiger partial charge in [-0.1, -0.05) is 0 Å². The van der Waals surface area contributed by atoms with Gasteiger partial charge in [0.2, 0.25) is 15.9 Å². The van der Waals surface area contributed by atoms with Crippen LogP contribution in [0.3, 0.4) is 0 Å². The molecule has 1 aromatic carbocycles. The highest BCUT2D eigenvalue weighted by atomic mass is 35.5. The predicted octanol–water partition coefficient (Wildman–Crippen LogP) is 0.122. The molecule has 1 amide bonds. The van der Waals surface area contributed by atoms with E-state index in [1.165, 1.54) is 0 Å². The number of piperazine rings is 2. The predicted molar refractivity (Wildman–Crippen MR) is 115 cm³/mol. The van der Waals surface area contributed by atoms with E-state index in [1.54, 1.807) is 24.3 Å². The molecule has 11 heteroatoms. The van der Waals surface area contributed by atoms with Crippen molar-refractivity contribution in [2.75, 3.05) is 63.8 Å². The van der Waals surface area contributed by atoms with E-state index in [0.717, 1.165) is 64.6 Å². The number of sulfonamides is 1. The van der Waals surface area contributed by atoms with Crippen LogP contribution in [0.25, 0.3) is 0 Å². The molecule has 0 aliphatic carbocycles. The number of carbonyl (C=O) groups excluding carboxylic acids is 1. The molecule has 8 nitrogen and oxygen atoms in total. The normalized spacial score (nSPS) is 18.2. The Morgan fingerprint density at radius 1 is 0.964 bits per heavy atom. The third-order valence-electron chi connectivity index (χ3n) is 5.01. The zero-order valence-electron chi connectivity index (χ0n) is 15.7. The summed E-state index contributed by atoms with van der Waals surface area (Å²) in [5.74, 6) is 0.243. The first-order valence-electron chi connectivity index (χ1n) is 9.02. The highest BCUT2D eigenvalue weighted by Crippen LogP contribution is 2.19. The molecule has 0 bridgehead atoms. The van der Waals surface area contributed by atoms with Gasteiger partial charge in [-0.25, -0.2) is 13.6 Å². The number of halogens is 2. The zero-order chi connectivity index (χ0) is 18.6. The molecule has 0 aromatic heterocycles. The first-order valence-corrected chi connectivity index (χ1v) is 10.6. The molecule has 2 fully saturated rings. The van der Waals surface area contributed by atoms with E-state index < -0.39 is 10.0 Å². The molecule has 2 aliphatic heterocycles. The summed E-state index contributed by atoms with van der Waals surface area (Å²) in [6.07, 6.45) is 0.572. The summed E-state index contributed by atoms with van der Waals surface area (Å²) in [5.41, 5.74) is 0.994. The number of anilines is 1. The number of nitrogens with zero attached hydrogens (tertiary/aromatic N) is 3. The van der Waals surface area contributed by atoms with Crippen LogP contribution in [0.15, 0.2) is 29.2 Å². The van der Waals surface area contributed by atoms with E-state index >= 15 is 0 Å². The van der Waals surface area contributed by atoms with Crippen molar-refractivity contribution in [3.63, 3.8) is 0 Å². The first-order chi connectivity index (χ1) is 12.4. The molecule has 2 aliphatic rings. The SMILES string of the molecule is Cl.Cl.NS(=O)(=O)c1ccc(N2CCN(CCC(=O)N3CCNCC3)CC2)cc1. The Morgan fingerprint density at radius 3 is 2.07 bits per heavy atom. The lowest BCUT2D eigenvalue weighted by Crippen LogP contribution is -2.49. The van der Waals surface area contributed by atoms with Gasteiger partial charge in [0.1, 0.15) is 0 Å². The number of hydrogen-bond donors (Lipinski definition) is 2. The molecule has 0 unspecified atom stereocenters. The number of rotatable bonds is 5. The minimum absolute atomic E-state index is 0. The Kier molecular flexibility index (Phi) is 9.96. The number of nitrogens with one attached hydrogen (secondary N) is 1. The Morgan fingerprint density at radius 2 is 1.54 bits per heavy atom. The van der Waals surface area contributed by atoms with Crippen LogP contribution in [0, 0.1) is 0 Å². The lowest BCUT2D eigenvalue weighted by Gasteiger charge is -2.36.